The van der Waals surface area contributed by atoms with Gasteiger partial charge in [0.2, 0.25) is 0 Å². The number of hydrogen-bond acceptors (Lipinski definition) is 5. The fourth-order valence-electron chi connectivity index (χ4n) is 3.68. The van der Waals surface area contributed by atoms with Gasteiger partial charge in [-0.25, -0.2) is 4.79 Å². The van der Waals surface area contributed by atoms with Gasteiger partial charge in [-0.15, -0.1) is 0 Å². The van der Waals surface area contributed by atoms with Gasteiger partial charge >= 0.3 is 5.97 Å². The second-order valence-electron chi connectivity index (χ2n) is 7.08. The Morgan fingerprint density at radius 3 is 2.34 bits per heavy atom. The van der Waals surface area contributed by atoms with Crippen LogP contribution < -0.4 is 4.90 Å². The molecule has 1 aromatic heterocycles. The van der Waals surface area contributed by atoms with Crippen molar-refractivity contribution in [2.75, 3.05) is 37.7 Å². The molecular weight excluding hydrogens is 394 g/mol. The van der Waals surface area contributed by atoms with Crippen molar-refractivity contribution in [3.05, 3.63) is 51.8 Å². The summed E-state index contributed by atoms with van der Waals surface area (Å²) in [7, 11) is 0. The second-order valence-corrected chi connectivity index (χ2v) is 7.48. The lowest BCUT2D eigenvalue weighted by molar-refractivity contribution is -0.134. The van der Waals surface area contributed by atoms with E-state index in [4.69, 9.17) is 16.3 Å². The van der Waals surface area contributed by atoms with Gasteiger partial charge in [-0.3, -0.25) is 9.59 Å². The Hall–Kier alpha value is -2.80. The van der Waals surface area contributed by atoms with Crippen LogP contribution in [0, 0.1) is 13.8 Å². The summed E-state index contributed by atoms with van der Waals surface area (Å²) in [5, 5.41) is 0.683. The van der Waals surface area contributed by atoms with E-state index < -0.39 is 5.97 Å². The number of Topliss-reactive ketones (excluding diaryl/α,β-unsaturated/α-hetero) is 1. The first-order valence-electron chi connectivity index (χ1n) is 9.44. The van der Waals surface area contributed by atoms with Gasteiger partial charge in [0.1, 0.15) is 5.69 Å². The number of carbonyl (C=O) groups is 3. The number of amides is 1. The normalized spacial score (nSPS) is 14.1. The zero-order valence-corrected chi connectivity index (χ0v) is 17.5. The number of aromatic nitrogens is 1. The number of hydrogen-bond donors (Lipinski definition) is 1. The van der Waals surface area contributed by atoms with Crippen LogP contribution in [0.1, 0.15) is 39.0 Å². The molecule has 7 nitrogen and oxygen atoms in total. The molecule has 8 heteroatoms. The highest BCUT2D eigenvalue weighted by atomic mass is 35.5. The van der Waals surface area contributed by atoms with Crippen LogP contribution in [0.25, 0.3) is 0 Å². The number of halogens is 1. The van der Waals surface area contributed by atoms with E-state index in [0.29, 0.717) is 48.0 Å². The zero-order chi connectivity index (χ0) is 21.1. The molecule has 154 valence electrons. The number of carbonyl (C=O) groups excluding carboxylic acids is 3. The number of rotatable bonds is 5. The molecule has 2 aromatic rings. The third-order valence-corrected chi connectivity index (χ3v) is 5.47. The molecule has 0 radical (unpaired) electrons. The topological polar surface area (TPSA) is 82.7 Å². The van der Waals surface area contributed by atoms with Gasteiger partial charge < -0.3 is 19.5 Å². The van der Waals surface area contributed by atoms with Gasteiger partial charge in [-0.05, 0) is 38.5 Å². The summed E-state index contributed by atoms with van der Waals surface area (Å²) < 4.78 is 5.20. The van der Waals surface area contributed by atoms with E-state index in [-0.39, 0.29) is 24.0 Å². The number of esters is 1. The predicted molar refractivity (Wildman–Crippen MR) is 111 cm³/mol. The highest BCUT2D eigenvalue weighted by molar-refractivity contribution is 6.33. The van der Waals surface area contributed by atoms with Crippen LogP contribution in [0.15, 0.2) is 24.3 Å². The Morgan fingerprint density at radius 1 is 1.10 bits per heavy atom. The van der Waals surface area contributed by atoms with Crippen molar-refractivity contribution < 1.29 is 19.1 Å². The van der Waals surface area contributed by atoms with Crippen LogP contribution in [0.3, 0.4) is 0 Å². The predicted octanol–water partition coefficient (Wildman–Crippen LogP) is 2.99. The molecule has 0 saturated carbocycles. The number of H-pyrrole nitrogens is 1. The van der Waals surface area contributed by atoms with Crippen molar-refractivity contribution >= 4 is 34.9 Å². The molecule has 0 unspecified atom stereocenters. The first-order valence-corrected chi connectivity index (χ1v) is 9.82. The van der Waals surface area contributed by atoms with E-state index in [9.17, 15) is 14.4 Å². The standard InChI is InChI=1S/C21H24ClN3O4/c1-13-19(15(3)26)14(2)23-20(13)21(28)29-12-18(27)25-10-8-24(9-11-25)17-7-5-4-6-16(17)22/h4-7,23H,8-12H2,1-3H3. The maximum atomic E-state index is 12.4. The molecule has 0 atom stereocenters. The minimum Gasteiger partial charge on any atom is -0.451 e. The fraction of sp³-hybridized carbons (Fsp3) is 0.381. The molecule has 1 aromatic carbocycles. The van der Waals surface area contributed by atoms with Gasteiger partial charge in [0.05, 0.1) is 10.7 Å². The summed E-state index contributed by atoms with van der Waals surface area (Å²) >= 11 is 6.24. The van der Waals surface area contributed by atoms with Crippen LogP contribution in [-0.4, -0.2) is 60.3 Å². The second kappa shape index (κ2) is 8.69. The van der Waals surface area contributed by atoms with E-state index in [0.717, 1.165) is 5.69 Å². The molecule has 1 aliphatic rings. The summed E-state index contributed by atoms with van der Waals surface area (Å²) in [6.07, 6.45) is 0. The maximum absolute atomic E-state index is 12.4. The average molecular weight is 418 g/mol. The van der Waals surface area contributed by atoms with Crippen LogP contribution in [0.2, 0.25) is 5.02 Å². The molecule has 1 aliphatic heterocycles. The van der Waals surface area contributed by atoms with E-state index in [1.54, 1.807) is 18.7 Å². The number of para-hydroxylation sites is 1. The van der Waals surface area contributed by atoms with Crippen molar-refractivity contribution in [1.82, 2.24) is 9.88 Å². The van der Waals surface area contributed by atoms with Gasteiger partial charge in [0.25, 0.3) is 5.91 Å². The summed E-state index contributed by atoms with van der Waals surface area (Å²) in [4.78, 5) is 43.2. The summed E-state index contributed by atoms with van der Waals surface area (Å²) in [6, 6.07) is 7.61. The zero-order valence-electron chi connectivity index (χ0n) is 16.8. The van der Waals surface area contributed by atoms with Crippen LogP contribution >= 0.6 is 11.6 Å². The Bertz CT molecular complexity index is 945. The Morgan fingerprint density at radius 2 is 1.76 bits per heavy atom. The number of piperazine rings is 1. The molecule has 0 aliphatic carbocycles. The number of aryl methyl sites for hydroxylation is 1. The van der Waals surface area contributed by atoms with E-state index in [1.165, 1.54) is 6.92 Å². The molecular formula is C21H24ClN3O4. The SMILES string of the molecule is CC(=O)c1c(C)[nH]c(C(=O)OCC(=O)N2CCN(c3ccccc3Cl)CC2)c1C. The highest BCUT2D eigenvalue weighted by Gasteiger charge is 2.25. The number of benzene rings is 1. The van der Waals surface area contributed by atoms with Crippen LogP contribution in [-0.2, 0) is 9.53 Å². The van der Waals surface area contributed by atoms with Crippen molar-refractivity contribution in [3.63, 3.8) is 0 Å². The van der Waals surface area contributed by atoms with Gasteiger partial charge in [0, 0.05) is 37.4 Å². The van der Waals surface area contributed by atoms with E-state index in [1.807, 2.05) is 24.3 Å². The summed E-state index contributed by atoms with van der Waals surface area (Å²) in [6.45, 7) is 6.88. The molecule has 0 bridgehead atoms. The first-order chi connectivity index (χ1) is 13.8. The Kier molecular flexibility index (Phi) is 6.27. The van der Waals surface area contributed by atoms with Gasteiger partial charge in [-0.2, -0.15) is 0 Å². The largest absolute Gasteiger partial charge is 0.451 e. The van der Waals surface area contributed by atoms with Crippen molar-refractivity contribution in [1.29, 1.82) is 0 Å². The number of anilines is 1. The molecule has 1 amide bonds. The smallest absolute Gasteiger partial charge is 0.355 e. The minimum absolute atomic E-state index is 0.122. The molecule has 3 rings (SSSR count). The maximum Gasteiger partial charge on any atom is 0.355 e. The van der Waals surface area contributed by atoms with E-state index >= 15 is 0 Å². The van der Waals surface area contributed by atoms with Crippen molar-refractivity contribution in [2.45, 2.75) is 20.8 Å². The summed E-state index contributed by atoms with van der Waals surface area (Å²) in [5.41, 5.74) is 2.80. The lowest BCUT2D eigenvalue weighted by atomic mass is 10.1. The van der Waals surface area contributed by atoms with Gasteiger partial charge in [-0.1, -0.05) is 23.7 Å². The molecule has 29 heavy (non-hydrogen) atoms. The molecule has 0 spiro atoms. The lowest BCUT2D eigenvalue weighted by Gasteiger charge is -2.36. The molecule has 2 heterocycles. The van der Waals surface area contributed by atoms with E-state index in [2.05, 4.69) is 9.88 Å². The molecule has 1 saturated heterocycles. The molecule has 1 fully saturated rings. The first kappa shape index (κ1) is 20.9. The van der Waals surface area contributed by atoms with Crippen molar-refractivity contribution in [3.8, 4) is 0 Å². The average Bonchev–Trinajstić information content (AvgIpc) is 3.00. The lowest BCUT2D eigenvalue weighted by Crippen LogP contribution is -2.50. The third-order valence-electron chi connectivity index (χ3n) is 5.15. The summed E-state index contributed by atoms with van der Waals surface area (Å²) in [5.74, 6) is -1.01. The Balaban J connectivity index is 1.54. The highest BCUT2D eigenvalue weighted by Crippen LogP contribution is 2.26. The number of ether oxygens (including phenoxy) is 1. The number of aromatic amines is 1. The number of ketones is 1. The third kappa shape index (κ3) is 4.45. The van der Waals surface area contributed by atoms with Crippen molar-refractivity contribution in [2.24, 2.45) is 0 Å². The minimum atomic E-state index is -0.638. The quantitative estimate of drug-likeness (QED) is 0.597. The molecule has 1 N–H and O–H groups in total. The van der Waals surface area contributed by atoms with Gasteiger partial charge in [0.15, 0.2) is 12.4 Å². The van der Waals surface area contributed by atoms with Crippen LogP contribution in [0.5, 0.6) is 0 Å². The Labute approximate surface area is 174 Å². The fourth-order valence-corrected chi connectivity index (χ4v) is 3.93. The number of nitrogens with zero attached hydrogens (tertiary/aromatic N) is 2. The van der Waals surface area contributed by atoms with Crippen LogP contribution in [0.4, 0.5) is 5.69 Å². The number of nitrogens with one attached hydrogen (secondary N) is 1. The monoisotopic (exact) mass is 417 g/mol.